The van der Waals surface area contributed by atoms with Crippen LogP contribution in [-0.2, 0) is 0 Å². The number of hydrogen-bond donors (Lipinski definition) is 1. The molecule has 4 heteroatoms. The highest BCUT2D eigenvalue weighted by atomic mass is 19.1. The van der Waals surface area contributed by atoms with Gasteiger partial charge in [0, 0.05) is 6.07 Å². The van der Waals surface area contributed by atoms with Crippen LogP contribution in [0.15, 0.2) is 36.4 Å². The number of carboxylic acids is 1. The van der Waals surface area contributed by atoms with Crippen LogP contribution in [0, 0.1) is 18.6 Å². The molecule has 0 aliphatic rings. The molecule has 0 spiro atoms. The first kappa shape index (κ1) is 12.2. The third-order valence-electron chi connectivity index (χ3n) is 2.52. The SMILES string of the molecule is Cc1cc(C(=O)O)cc(-c2cc(F)cc(F)c2)c1. The van der Waals surface area contributed by atoms with E-state index in [1.165, 1.54) is 24.3 Å². The van der Waals surface area contributed by atoms with Crippen LogP contribution in [-0.4, -0.2) is 11.1 Å². The van der Waals surface area contributed by atoms with Gasteiger partial charge in [-0.1, -0.05) is 6.07 Å². The van der Waals surface area contributed by atoms with Gasteiger partial charge >= 0.3 is 5.97 Å². The highest BCUT2D eigenvalue weighted by molar-refractivity contribution is 5.89. The Kier molecular flexibility index (Phi) is 3.10. The summed E-state index contributed by atoms with van der Waals surface area (Å²) in [5.41, 5.74) is 1.61. The molecule has 92 valence electrons. The second-order valence-electron chi connectivity index (χ2n) is 4.05. The number of benzene rings is 2. The normalized spacial score (nSPS) is 10.4. The molecule has 0 saturated carbocycles. The molecule has 0 saturated heterocycles. The predicted molar refractivity (Wildman–Crippen MR) is 63.5 cm³/mol. The molecular formula is C14H10F2O2. The number of rotatable bonds is 2. The summed E-state index contributed by atoms with van der Waals surface area (Å²) >= 11 is 0. The van der Waals surface area contributed by atoms with Crippen molar-refractivity contribution in [3.05, 3.63) is 59.2 Å². The molecule has 0 aliphatic carbocycles. The number of hydrogen-bond acceptors (Lipinski definition) is 1. The molecule has 2 nitrogen and oxygen atoms in total. The lowest BCUT2D eigenvalue weighted by Gasteiger charge is -2.06. The van der Waals surface area contributed by atoms with Gasteiger partial charge in [-0.15, -0.1) is 0 Å². The maximum absolute atomic E-state index is 13.1. The molecule has 1 N–H and O–H groups in total. The van der Waals surface area contributed by atoms with Gasteiger partial charge in [0.15, 0.2) is 0 Å². The van der Waals surface area contributed by atoms with E-state index in [-0.39, 0.29) is 5.56 Å². The van der Waals surface area contributed by atoms with E-state index in [1.807, 2.05) is 0 Å². The molecule has 18 heavy (non-hydrogen) atoms. The van der Waals surface area contributed by atoms with Gasteiger partial charge < -0.3 is 5.11 Å². The van der Waals surface area contributed by atoms with Crippen molar-refractivity contribution in [1.29, 1.82) is 0 Å². The fraction of sp³-hybridized carbons (Fsp3) is 0.0714. The van der Waals surface area contributed by atoms with Gasteiger partial charge in [-0.05, 0) is 47.9 Å². The van der Waals surface area contributed by atoms with Crippen LogP contribution in [0.25, 0.3) is 11.1 Å². The summed E-state index contributed by atoms with van der Waals surface area (Å²) in [7, 11) is 0. The fourth-order valence-corrected chi connectivity index (χ4v) is 1.79. The quantitative estimate of drug-likeness (QED) is 0.880. The zero-order valence-corrected chi connectivity index (χ0v) is 9.58. The zero-order chi connectivity index (χ0) is 13.3. The van der Waals surface area contributed by atoms with Crippen molar-refractivity contribution >= 4 is 5.97 Å². The maximum atomic E-state index is 13.1. The lowest BCUT2D eigenvalue weighted by atomic mass is 10.00. The minimum atomic E-state index is -1.07. The van der Waals surface area contributed by atoms with Crippen LogP contribution in [0.3, 0.4) is 0 Å². The second-order valence-corrected chi connectivity index (χ2v) is 4.05. The van der Waals surface area contributed by atoms with Crippen LogP contribution in [0.1, 0.15) is 15.9 Å². The summed E-state index contributed by atoms with van der Waals surface area (Å²) in [6.07, 6.45) is 0. The van der Waals surface area contributed by atoms with Crippen LogP contribution in [0.2, 0.25) is 0 Å². The Morgan fingerprint density at radius 2 is 1.50 bits per heavy atom. The molecule has 2 aromatic carbocycles. The fourth-order valence-electron chi connectivity index (χ4n) is 1.79. The van der Waals surface area contributed by atoms with E-state index >= 15 is 0 Å². The first-order chi connectivity index (χ1) is 8.45. The third-order valence-corrected chi connectivity index (χ3v) is 2.52. The van der Waals surface area contributed by atoms with Crippen molar-refractivity contribution in [3.63, 3.8) is 0 Å². The van der Waals surface area contributed by atoms with Crippen molar-refractivity contribution in [3.8, 4) is 11.1 Å². The van der Waals surface area contributed by atoms with Crippen molar-refractivity contribution in [2.45, 2.75) is 6.92 Å². The van der Waals surface area contributed by atoms with E-state index < -0.39 is 17.6 Å². The molecular weight excluding hydrogens is 238 g/mol. The Hall–Kier alpha value is -2.23. The average Bonchev–Trinajstić information content (AvgIpc) is 2.26. The molecule has 2 rings (SSSR count). The highest BCUT2D eigenvalue weighted by Crippen LogP contribution is 2.24. The van der Waals surface area contributed by atoms with Gasteiger partial charge in [0.1, 0.15) is 11.6 Å². The molecule has 0 atom stereocenters. The molecule has 0 bridgehead atoms. The minimum Gasteiger partial charge on any atom is -0.478 e. The van der Waals surface area contributed by atoms with E-state index in [2.05, 4.69) is 0 Å². The predicted octanol–water partition coefficient (Wildman–Crippen LogP) is 3.64. The monoisotopic (exact) mass is 248 g/mol. The summed E-state index contributed by atoms with van der Waals surface area (Å²) in [5.74, 6) is -2.46. The van der Waals surface area contributed by atoms with Crippen molar-refractivity contribution in [2.24, 2.45) is 0 Å². The highest BCUT2D eigenvalue weighted by Gasteiger charge is 2.08. The molecule has 0 radical (unpaired) electrons. The van der Waals surface area contributed by atoms with Crippen molar-refractivity contribution in [1.82, 2.24) is 0 Å². The third kappa shape index (κ3) is 2.53. The van der Waals surface area contributed by atoms with E-state index in [9.17, 15) is 13.6 Å². The first-order valence-electron chi connectivity index (χ1n) is 5.27. The minimum absolute atomic E-state index is 0.0923. The van der Waals surface area contributed by atoms with E-state index in [0.717, 1.165) is 11.6 Å². The van der Waals surface area contributed by atoms with E-state index in [1.54, 1.807) is 13.0 Å². The van der Waals surface area contributed by atoms with Gasteiger partial charge in [-0.25, -0.2) is 13.6 Å². The molecule has 0 aliphatic heterocycles. The topological polar surface area (TPSA) is 37.3 Å². The largest absolute Gasteiger partial charge is 0.478 e. The maximum Gasteiger partial charge on any atom is 0.335 e. The second kappa shape index (κ2) is 4.56. The van der Waals surface area contributed by atoms with Gasteiger partial charge in [0.05, 0.1) is 5.56 Å². The lowest BCUT2D eigenvalue weighted by molar-refractivity contribution is 0.0697. The van der Waals surface area contributed by atoms with Gasteiger partial charge in [0.25, 0.3) is 0 Å². The standard InChI is InChI=1S/C14H10F2O2/c1-8-2-9(4-11(3-8)14(17)18)10-5-12(15)7-13(16)6-10/h2-7H,1H3,(H,17,18). The number of carboxylic acid groups (broad SMARTS) is 1. The first-order valence-corrected chi connectivity index (χ1v) is 5.27. The number of carbonyl (C=O) groups is 1. The van der Waals surface area contributed by atoms with Crippen LogP contribution >= 0.6 is 0 Å². The lowest BCUT2D eigenvalue weighted by Crippen LogP contribution is -1.97. The summed E-state index contributed by atoms with van der Waals surface area (Å²) in [4.78, 5) is 10.9. The Morgan fingerprint density at radius 1 is 0.944 bits per heavy atom. The van der Waals surface area contributed by atoms with Crippen molar-refractivity contribution in [2.75, 3.05) is 0 Å². The summed E-state index contributed by atoms with van der Waals surface area (Å²) in [6.45, 7) is 1.73. The van der Waals surface area contributed by atoms with Crippen LogP contribution in [0.4, 0.5) is 8.78 Å². The Morgan fingerprint density at radius 3 is 2.06 bits per heavy atom. The van der Waals surface area contributed by atoms with Crippen LogP contribution < -0.4 is 0 Å². The zero-order valence-electron chi connectivity index (χ0n) is 9.58. The Bertz CT molecular complexity index is 601. The molecule has 0 unspecified atom stereocenters. The summed E-state index contributed by atoms with van der Waals surface area (Å²) in [5, 5.41) is 8.94. The summed E-state index contributed by atoms with van der Waals surface area (Å²) < 4.78 is 26.2. The summed E-state index contributed by atoms with van der Waals surface area (Å²) in [6, 6.07) is 7.69. The average molecular weight is 248 g/mol. The van der Waals surface area contributed by atoms with Crippen molar-refractivity contribution < 1.29 is 18.7 Å². The molecule has 0 heterocycles. The Balaban J connectivity index is 2.59. The molecule has 0 amide bonds. The molecule has 0 aromatic heterocycles. The van der Waals surface area contributed by atoms with E-state index in [4.69, 9.17) is 5.11 Å². The van der Waals surface area contributed by atoms with Gasteiger partial charge in [-0.2, -0.15) is 0 Å². The molecule has 2 aromatic rings. The number of aryl methyl sites for hydroxylation is 1. The van der Waals surface area contributed by atoms with E-state index in [0.29, 0.717) is 11.1 Å². The Labute approximate surface area is 103 Å². The number of halogens is 2. The smallest absolute Gasteiger partial charge is 0.335 e. The van der Waals surface area contributed by atoms with Gasteiger partial charge in [0.2, 0.25) is 0 Å². The van der Waals surface area contributed by atoms with Gasteiger partial charge in [-0.3, -0.25) is 0 Å². The molecule has 0 fully saturated rings. The van der Waals surface area contributed by atoms with Crippen LogP contribution in [0.5, 0.6) is 0 Å². The number of aromatic carboxylic acids is 1.